The summed E-state index contributed by atoms with van der Waals surface area (Å²) in [6.45, 7) is 3.69. The Hall–Kier alpha value is -5.52. The summed E-state index contributed by atoms with van der Waals surface area (Å²) in [7, 11) is -2.32. The monoisotopic (exact) mass is 702 g/mol. The quantitative estimate of drug-likeness (QED) is 0.175. The second kappa shape index (κ2) is 13.4. The number of aliphatic hydroxyl groups excluding tert-OH is 1. The molecule has 0 spiro atoms. The van der Waals surface area contributed by atoms with E-state index in [1.165, 1.54) is 0 Å². The van der Waals surface area contributed by atoms with Crippen LogP contribution in [0.15, 0.2) is 138 Å². The molecule has 8 nitrogen and oxygen atoms in total. The smallest absolute Gasteiger partial charge is 0.453 e. The number of benzene rings is 6. The lowest BCUT2D eigenvalue weighted by atomic mass is 9.96. The molecular formula is C40H32O8P2. The minimum Gasteiger partial charge on any atom is -0.497 e. The van der Waals surface area contributed by atoms with Crippen molar-refractivity contribution in [2.24, 2.45) is 0 Å². The van der Waals surface area contributed by atoms with E-state index >= 15 is 0 Å². The first-order chi connectivity index (χ1) is 24.5. The summed E-state index contributed by atoms with van der Waals surface area (Å²) >= 11 is 0. The Morgan fingerprint density at radius 2 is 0.900 bits per heavy atom. The van der Waals surface area contributed by atoms with Gasteiger partial charge in [-0.1, -0.05) is 78.9 Å². The fourth-order valence-corrected chi connectivity index (χ4v) is 8.38. The predicted molar refractivity (Wildman–Crippen MR) is 199 cm³/mol. The number of hydrogen-bond donors (Lipinski definition) is 1. The zero-order chi connectivity index (χ0) is 34.2. The van der Waals surface area contributed by atoms with Crippen LogP contribution in [0.5, 0.6) is 17.2 Å². The third-order valence-electron chi connectivity index (χ3n) is 8.44. The molecule has 0 radical (unpaired) electrons. The number of aliphatic hydroxyl groups is 1. The van der Waals surface area contributed by atoms with E-state index in [9.17, 15) is 5.11 Å². The number of fused-ring (bicyclic) bond motifs is 6. The van der Waals surface area contributed by atoms with E-state index in [0.717, 1.165) is 32.7 Å². The zero-order valence-electron chi connectivity index (χ0n) is 27.5. The molecule has 0 aliphatic heterocycles. The zero-order valence-corrected chi connectivity index (χ0v) is 29.2. The van der Waals surface area contributed by atoms with Gasteiger partial charge >= 0.3 is 16.5 Å². The van der Waals surface area contributed by atoms with Gasteiger partial charge in [-0.3, -0.25) is 0 Å². The Balaban J connectivity index is 1.34. The van der Waals surface area contributed by atoms with Crippen LogP contribution in [0, 0.1) is 13.8 Å². The number of ether oxygens (including phenoxy) is 1. The maximum Gasteiger partial charge on any atom is 0.453 e. The molecule has 2 aromatic heterocycles. The number of hydrogen-bond acceptors (Lipinski definition) is 8. The molecule has 0 amide bonds. The second-order valence-corrected chi connectivity index (χ2v) is 13.7. The SMILES string of the molecule is COc1cc(C)c(Op2oc3ccccc3c3ccccc3o2)c(-c2cc(CO)cc(C)c2Op2oc3ccccc3c3ccccc3o2)c1. The minimum atomic E-state index is -1.97. The van der Waals surface area contributed by atoms with Gasteiger partial charge in [0.2, 0.25) is 0 Å². The predicted octanol–water partition coefficient (Wildman–Crippen LogP) is 12.4. The molecule has 8 rings (SSSR count). The van der Waals surface area contributed by atoms with Crippen LogP contribution in [-0.2, 0) is 6.61 Å². The molecule has 1 N–H and O–H groups in total. The van der Waals surface area contributed by atoms with Crippen molar-refractivity contribution in [2.75, 3.05) is 7.11 Å². The van der Waals surface area contributed by atoms with E-state index < -0.39 is 16.5 Å². The first-order valence-corrected chi connectivity index (χ1v) is 18.2. The van der Waals surface area contributed by atoms with E-state index in [1.54, 1.807) is 7.11 Å². The van der Waals surface area contributed by atoms with E-state index in [2.05, 4.69) is 0 Å². The Morgan fingerprint density at radius 3 is 1.30 bits per heavy atom. The van der Waals surface area contributed by atoms with Crippen molar-refractivity contribution in [3.63, 3.8) is 0 Å². The fraction of sp³-hybridized carbons (Fsp3) is 0.100. The molecule has 8 aromatic rings. The van der Waals surface area contributed by atoms with Crippen molar-refractivity contribution in [3.8, 4) is 28.4 Å². The van der Waals surface area contributed by atoms with Gasteiger partial charge in [0.25, 0.3) is 0 Å². The topological polar surface area (TPSA) is 100 Å². The molecular weight excluding hydrogens is 670 g/mol. The van der Waals surface area contributed by atoms with Crippen LogP contribution in [0.25, 0.3) is 55.0 Å². The van der Waals surface area contributed by atoms with E-state index in [1.807, 2.05) is 135 Å². The Kier molecular flexibility index (Phi) is 8.51. The lowest BCUT2D eigenvalue weighted by Gasteiger charge is -2.18. The molecule has 0 unspecified atom stereocenters. The van der Waals surface area contributed by atoms with Crippen LogP contribution >= 0.6 is 16.5 Å². The Bertz CT molecular complexity index is 2330. The fourth-order valence-electron chi connectivity index (χ4n) is 6.10. The molecule has 0 saturated carbocycles. The van der Waals surface area contributed by atoms with Crippen molar-refractivity contribution in [1.82, 2.24) is 0 Å². The summed E-state index contributed by atoms with van der Waals surface area (Å²) in [6.07, 6.45) is 0. The van der Waals surface area contributed by atoms with Crippen molar-refractivity contribution in [3.05, 3.63) is 138 Å². The average molecular weight is 703 g/mol. The van der Waals surface area contributed by atoms with Gasteiger partial charge in [0.05, 0.1) is 13.7 Å². The second-order valence-electron chi connectivity index (χ2n) is 11.7. The standard InChI is InChI=1S/C40H32O8P2/c1-25-20-27(24-41)22-33(39(25)47-49-43-35-16-8-4-12-29(35)30-13-5-9-17-36(30)44-49)34-23-28(42-3)21-26(2)40(34)48-50-45-37-18-10-6-14-31(37)32-15-7-11-19-38(32)46-50/h4-23,41H,24H2,1-3H3. The summed E-state index contributed by atoms with van der Waals surface area (Å²) in [6, 6.07) is 38.8. The van der Waals surface area contributed by atoms with Gasteiger partial charge in [-0.15, -0.1) is 0 Å². The summed E-state index contributed by atoms with van der Waals surface area (Å²) in [5.41, 5.74) is 6.18. The molecule has 250 valence electrons. The third-order valence-corrected chi connectivity index (χ3v) is 10.5. The third kappa shape index (κ3) is 5.99. The lowest BCUT2D eigenvalue weighted by Crippen LogP contribution is -1.97. The number of aryl methyl sites for hydroxylation is 2. The normalized spacial score (nSPS) is 11.3. The molecule has 0 bridgehead atoms. The van der Waals surface area contributed by atoms with E-state index in [4.69, 9.17) is 30.6 Å². The summed E-state index contributed by atoms with van der Waals surface area (Å²) in [4.78, 5) is 0. The molecule has 0 atom stereocenters. The highest BCUT2D eigenvalue weighted by Gasteiger charge is 2.23. The molecule has 0 saturated heterocycles. The molecule has 6 aromatic carbocycles. The van der Waals surface area contributed by atoms with Crippen molar-refractivity contribution in [2.45, 2.75) is 20.5 Å². The van der Waals surface area contributed by atoms with Crippen LogP contribution < -0.4 is 13.8 Å². The van der Waals surface area contributed by atoms with Gasteiger partial charge in [0.15, 0.2) is 0 Å². The number of para-hydroxylation sites is 4. The van der Waals surface area contributed by atoms with Crippen LogP contribution in [-0.4, -0.2) is 12.2 Å². The van der Waals surface area contributed by atoms with E-state index in [0.29, 0.717) is 56.3 Å². The van der Waals surface area contributed by atoms with Gasteiger partial charge in [0.1, 0.15) is 39.6 Å². The summed E-state index contributed by atoms with van der Waals surface area (Å²) < 4.78 is 44.9. The highest BCUT2D eigenvalue weighted by atomic mass is 31.1. The van der Waals surface area contributed by atoms with Crippen LogP contribution in [0.2, 0.25) is 0 Å². The number of methoxy groups -OCH3 is 1. The lowest BCUT2D eigenvalue weighted by molar-refractivity contribution is 0.281. The molecule has 50 heavy (non-hydrogen) atoms. The molecule has 0 aliphatic carbocycles. The summed E-state index contributed by atoms with van der Waals surface area (Å²) in [5.74, 6) is 1.64. The van der Waals surface area contributed by atoms with Crippen LogP contribution in [0.1, 0.15) is 16.7 Å². The maximum atomic E-state index is 10.3. The van der Waals surface area contributed by atoms with Crippen molar-refractivity contribution >= 4 is 60.4 Å². The van der Waals surface area contributed by atoms with Gasteiger partial charge in [-0.25, -0.2) is 0 Å². The van der Waals surface area contributed by atoms with Crippen molar-refractivity contribution in [1.29, 1.82) is 0 Å². The highest BCUT2D eigenvalue weighted by Crippen LogP contribution is 2.49. The first kappa shape index (κ1) is 31.7. The summed E-state index contributed by atoms with van der Waals surface area (Å²) in [5, 5.41) is 14.0. The van der Waals surface area contributed by atoms with Crippen molar-refractivity contribution < 1.29 is 35.7 Å². The van der Waals surface area contributed by atoms with Gasteiger partial charge in [0, 0.05) is 32.7 Å². The number of rotatable bonds is 7. The largest absolute Gasteiger partial charge is 0.497 e. The molecule has 2 heterocycles. The Labute approximate surface area is 289 Å². The van der Waals surface area contributed by atoms with Crippen LogP contribution in [0.4, 0.5) is 0 Å². The first-order valence-electron chi connectivity index (χ1n) is 16.0. The van der Waals surface area contributed by atoms with Gasteiger partial charge in [-0.2, -0.15) is 0 Å². The van der Waals surface area contributed by atoms with Gasteiger partial charge < -0.3 is 35.7 Å². The average Bonchev–Trinajstić information content (AvgIpc) is 3.40. The maximum absolute atomic E-state index is 10.3. The van der Waals surface area contributed by atoms with E-state index in [-0.39, 0.29) is 6.61 Å². The molecule has 0 aliphatic rings. The van der Waals surface area contributed by atoms with Gasteiger partial charge in [-0.05, 0) is 73.0 Å². The highest BCUT2D eigenvalue weighted by molar-refractivity contribution is 7.32. The molecule has 10 heteroatoms. The van der Waals surface area contributed by atoms with Crippen LogP contribution in [0.3, 0.4) is 0 Å². The Morgan fingerprint density at radius 1 is 0.520 bits per heavy atom. The minimum absolute atomic E-state index is 0.178. The molecule has 0 fully saturated rings.